The van der Waals surface area contributed by atoms with Crippen LogP contribution in [-0.2, 0) is 0 Å². The minimum absolute atomic E-state index is 0.0406. The van der Waals surface area contributed by atoms with Crippen molar-refractivity contribution < 1.29 is 4.79 Å². The number of aromatic amines is 1. The maximum atomic E-state index is 12.3. The maximum Gasteiger partial charge on any atom is 0.289 e. The molecule has 0 spiro atoms. The Bertz CT molecular complexity index is 538. The van der Waals surface area contributed by atoms with Crippen molar-refractivity contribution in [3.63, 3.8) is 0 Å². The number of hydrogen-bond acceptors (Lipinski definition) is 4. The van der Waals surface area contributed by atoms with E-state index in [2.05, 4.69) is 26.9 Å². The molecule has 18 heavy (non-hydrogen) atoms. The van der Waals surface area contributed by atoms with Crippen LogP contribution in [0.3, 0.4) is 0 Å². The van der Waals surface area contributed by atoms with Gasteiger partial charge in [-0.25, -0.2) is 9.97 Å². The molecular weight excluding hydrogens is 230 g/mol. The van der Waals surface area contributed by atoms with Crippen LogP contribution in [0.5, 0.6) is 0 Å². The van der Waals surface area contributed by atoms with E-state index < -0.39 is 0 Å². The number of nitrogens with zero attached hydrogens (tertiary/aromatic N) is 4. The third kappa shape index (κ3) is 1.95. The average Bonchev–Trinajstić information content (AvgIpc) is 2.82. The molecule has 1 aliphatic heterocycles. The van der Waals surface area contributed by atoms with Gasteiger partial charge in [-0.15, -0.1) is 0 Å². The van der Waals surface area contributed by atoms with Crippen LogP contribution in [0, 0.1) is 0 Å². The van der Waals surface area contributed by atoms with E-state index in [0.717, 1.165) is 31.7 Å². The molecule has 3 heterocycles. The molecule has 1 N–H and O–H groups in total. The molecule has 0 radical (unpaired) electrons. The van der Waals surface area contributed by atoms with Crippen molar-refractivity contribution in [2.75, 3.05) is 33.2 Å². The minimum atomic E-state index is -0.0406. The van der Waals surface area contributed by atoms with Gasteiger partial charge in [-0.05, 0) is 19.2 Å². The Labute approximate surface area is 105 Å². The number of aromatic nitrogens is 3. The number of hydrogen-bond donors (Lipinski definition) is 1. The summed E-state index contributed by atoms with van der Waals surface area (Å²) in [5.74, 6) is 0.342. The van der Waals surface area contributed by atoms with E-state index in [1.807, 2.05) is 17.0 Å². The number of carbonyl (C=O) groups is 1. The van der Waals surface area contributed by atoms with E-state index in [1.54, 1.807) is 6.20 Å². The third-order valence-electron chi connectivity index (χ3n) is 3.25. The van der Waals surface area contributed by atoms with Crippen LogP contribution in [0.25, 0.3) is 11.2 Å². The van der Waals surface area contributed by atoms with Gasteiger partial charge in [0, 0.05) is 32.4 Å². The molecule has 1 fully saturated rings. The summed E-state index contributed by atoms with van der Waals surface area (Å²) >= 11 is 0. The van der Waals surface area contributed by atoms with E-state index in [0.29, 0.717) is 11.5 Å². The van der Waals surface area contributed by atoms with Gasteiger partial charge >= 0.3 is 0 Å². The quantitative estimate of drug-likeness (QED) is 0.787. The van der Waals surface area contributed by atoms with Gasteiger partial charge in [-0.1, -0.05) is 0 Å². The first-order valence-corrected chi connectivity index (χ1v) is 6.02. The van der Waals surface area contributed by atoms with Crippen molar-refractivity contribution in [3.05, 3.63) is 24.2 Å². The zero-order valence-electron chi connectivity index (χ0n) is 10.3. The molecule has 2 aromatic heterocycles. The number of imidazole rings is 1. The Hall–Kier alpha value is -1.95. The van der Waals surface area contributed by atoms with E-state index in [4.69, 9.17) is 0 Å². The Morgan fingerprint density at radius 1 is 1.33 bits per heavy atom. The number of pyridine rings is 1. The molecule has 1 amide bonds. The van der Waals surface area contributed by atoms with Gasteiger partial charge in [-0.2, -0.15) is 0 Å². The number of H-pyrrole nitrogens is 1. The highest BCUT2D eigenvalue weighted by atomic mass is 16.2. The molecule has 1 saturated heterocycles. The van der Waals surface area contributed by atoms with E-state index in [1.165, 1.54) is 0 Å². The first kappa shape index (κ1) is 11.2. The van der Waals surface area contributed by atoms with E-state index in [9.17, 15) is 4.79 Å². The Balaban J connectivity index is 1.83. The van der Waals surface area contributed by atoms with Crippen molar-refractivity contribution in [2.24, 2.45) is 0 Å². The first-order valence-electron chi connectivity index (χ1n) is 6.02. The monoisotopic (exact) mass is 245 g/mol. The van der Waals surface area contributed by atoms with Crippen molar-refractivity contribution in [3.8, 4) is 0 Å². The topological polar surface area (TPSA) is 65.1 Å². The minimum Gasteiger partial charge on any atom is -0.333 e. The van der Waals surface area contributed by atoms with Crippen molar-refractivity contribution in [2.45, 2.75) is 0 Å². The van der Waals surface area contributed by atoms with Gasteiger partial charge in [0.15, 0.2) is 11.5 Å². The lowest BCUT2D eigenvalue weighted by Gasteiger charge is -2.31. The van der Waals surface area contributed by atoms with Gasteiger partial charge in [0.05, 0.1) is 0 Å². The molecule has 94 valence electrons. The van der Waals surface area contributed by atoms with E-state index >= 15 is 0 Å². The Morgan fingerprint density at radius 2 is 2.11 bits per heavy atom. The Kier molecular flexibility index (Phi) is 2.71. The molecule has 6 nitrogen and oxygen atoms in total. The smallest absolute Gasteiger partial charge is 0.289 e. The fraction of sp³-hybridized carbons (Fsp3) is 0.417. The fourth-order valence-electron chi connectivity index (χ4n) is 2.10. The Morgan fingerprint density at radius 3 is 2.83 bits per heavy atom. The lowest BCUT2D eigenvalue weighted by Crippen LogP contribution is -2.47. The van der Waals surface area contributed by atoms with Crippen molar-refractivity contribution >= 4 is 17.1 Å². The maximum absolute atomic E-state index is 12.3. The van der Waals surface area contributed by atoms with Gasteiger partial charge < -0.3 is 14.8 Å². The summed E-state index contributed by atoms with van der Waals surface area (Å²) < 4.78 is 0. The van der Waals surface area contributed by atoms with Crippen LogP contribution >= 0.6 is 0 Å². The second-order valence-corrected chi connectivity index (χ2v) is 4.55. The van der Waals surface area contributed by atoms with Gasteiger partial charge in [-0.3, -0.25) is 4.79 Å². The molecule has 0 saturated carbocycles. The van der Waals surface area contributed by atoms with Gasteiger partial charge in [0.25, 0.3) is 5.91 Å². The molecule has 6 heteroatoms. The van der Waals surface area contributed by atoms with Crippen molar-refractivity contribution in [1.82, 2.24) is 24.8 Å². The van der Waals surface area contributed by atoms with Gasteiger partial charge in [0.1, 0.15) is 5.52 Å². The van der Waals surface area contributed by atoms with Crippen LogP contribution in [0.2, 0.25) is 0 Å². The summed E-state index contributed by atoms with van der Waals surface area (Å²) in [5.41, 5.74) is 1.39. The normalized spacial score (nSPS) is 17.3. The number of nitrogens with one attached hydrogen (secondary N) is 1. The molecule has 0 bridgehead atoms. The van der Waals surface area contributed by atoms with Gasteiger partial charge in [0.2, 0.25) is 0 Å². The predicted molar refractivity (Wildman–Crippen MR) is 67.3 cm³/mol. The number of likely N-dealkylation sites (N-methyl/N-ethyl adjacent to an activating group) is 1. The molecular formula is C12H15N5O. The molecule has 1 aliphatic rings. The number of piperazine rings is 1. The third-order valence-corrected chi connectivity index (χ3v) is 3.25. The summed E-state index contributed by atoms with van der Waals surface area (Å²) in [6.07, 6.45) is 1.69. The number of carbonyl (C=O) groups excluding carboxylic acids is 1. The molecule has 3 rings (SSSR count). The second kappa shape index (κ2) is 4.38. The number of rotatable bonds is 1. The average molecular weight is 245 g/mol. The molecule has 0 atom stereocenters. The fourth-order valence-corrected chi connectivity index (χ4v) is 2.10. The van der Waals surface area contributed by atoms with Crippen LogP contribution in [0.15, 0.2) is 18.3 Å². The summed E-state index contributed by atoms with van der Waals surface area (Å²) in [4.78, 5) is 27.7. The summed E-state index contributed by atoms with van der Waals surface area (Å²) in [7, 11) is 2.06. The zero-order valence-corrected chi connectivity index (χ0v) is 10.3. The largest absolute Gasteiger partial charge is 0.333 e. The lowest BCUT2D eigenvalue weighted by molar-refractivity contribution is 0.0653. The van der Waals surface area contributed by atoms with Crippen LogP contribution in [0.1, 0.15) is 10.6 Å². The molecule has 0 aromatic carbocycles. The van der Waals surface area contributed by atoms with Crippen molar-refractivity contribution in [1.29, 1.82) is 0 Å². The molecule has 0 unspecified atom stereocenters. The zero-order chi connectivity index (χ0) is 12.5. The van der Waals surface area contributed by atoms with E-state index in [-0.39, 0.29) is 5.91 Å². The predicted octanol–water partition coefficient (Wildman–Crippen LogP) is 0.345. The van der Waals surface area contributed by atoms with Crippen LogP contribution in [-0.4, -0.2) is 63.9 Å². The summed E-state index contributed by atoms with van der Waals surface area (Å²) in [5, 5.41) is 0. The highest BCUT2D eigenvalue weighted by Crippen LogP contribution is 2.10. The molecule has 2 aromatic rings. The highest BCUT2D eigenvalue weighted by Gasteiger charge is 2.22. The standard InChI is InChI=1S/C12H15N5O/c1-16-5-7-17(8-6-16)12(18)11-14-9-3-2-4-13-10(9)15-11/h2-4H,5-8H2,1H3,(H,13,14,15). The number of fused-ring (bicyclic) bond motifs is 1. The number of amides is 1. The van der Waals surface area contributed by atoms with Crippen LogP contribution < -0.4 is 0 Å². The van der Waals surface area contributed by atoms with Crippen LogP contribution in [0.4, 0.5) is 0 Å². The summed E-state index contributed by atoms with van der Waals surface area (Å²) in [6, 6.07) is 3.66. The lowest BCUT2D eigenvalue weighted by atomic mass is 10.3. The first-order chi connectivity index (χ1) is 8.74. The SMILES string of the molecule is CN1CCN(C(=O)c2nc3cccnc3[nH]2)CC1. The highest BCUT2D eigenvalue weighted by molar-refractivity contribution is 5.93. The molecule has 0 aliphatic carbocycles. The summed E-state index contributed by atoms with van der Waals surface area (Å²) in [6.45, 7) is 3.31. The second-order valence-electron chi connectivity index (χ2n) is 4.55.